The number of hydrogen-bond acceptors (Lipinski definition) is 5. The number of benzene rings is 3. The summed E-state index contributed by atoms with van der Waals surface area (Å²) in [5, 5.41) is 10.1. The molecule has 5 rings (SSSR count). The Balaban J connectivity index is 1.52. The first-order valence-corrected chi connectivity index (χ1v) is 11.6. The van der Waals surface area contributed by atoms with Crippen molar-refractivity contribution in [2.45, 2.75) is 19.4 Å². The van der Waals surface area contributed by atoms with E-state index in [0.29, 0.717) is 16.7 Å². The van der Waals surface area contributed by atoms with Crippen molar-refractivity contribution in [1.29, 1.82) is 5.26 Å². The highest BCUT2D eigenvalue weighted by Gasteiger charge is 2.27. The first-order chi connectivity index (χ1) is 17.0. The van der Waals surface area contributed by atoms with Gasteiger partial charge in [-0.05, 0) is 59.9 Å². The summed E-state index contributed by atoms with van der Waals surface area (Å²) in [6, 6.07) is 25.4. The lowest BCUT2D eigenvalue weighted by molar-refractivity contribution is 0.0473. The summed E-state index contributed by atoms with van der Waals surface area (Å²) in [4.78, 5) is 20.4. The van der Waals surface area contributed by atoms with Crippen LogP contribution < -0.4 is 4.90 Å². The zero-order chi connectivity index (χ0) is 24.4. The van der Waals surface area contributed by atoms with Crippen LogP contribution >= 0.6 is 0 Å². The van der Waals surface area contributed by atoms with Gasteiger partial charge in [-0.2, -0.15) is 5.26 Å². The van der Waals surface area contributed by atoms with Crippen LogP contribution in [0.25, 0.3) is 22.6 Å². The third-order valence-electron chi connectivity index (χ3n) is 6.39. The molecule has 4 aromatic rings. The predicted octanol–water partition coefficient (Wildman–Crippen LogP) is 6.02. The van der Waals surface area contributed by atoms with E-state index in [1.54, 1.807) is 12.1 Å². The van der Waals surface area contributed by atoms with Crippen molar-refractivity contribution in [2.75, 3.05) is 19.0 Å². The van der Waals surface area contributed by atoms with Crippen molar-refractivity contribution in [2.24, 2.45) is 0 Å². The largest absolute Gasteiger partial charge is 0.457 e. The van der Waals surface area contributed by atoms with Crippen LogP contribution in [0.2, 0.25) is 0 Å². The van der Waals surface area contributed by atoms with Crippen LogP contribution in [0.5, 0.6) is 0 Å². The molecule has 0 atom stereocenters. The number of hydrogen-bond donors (Lipinski definition) is 0. The van der Waals surface area contributed by atoms with Gasteiger partial charge in [-0.25, -0.2) is 9.78 Å². The SMILES string of the molecule is CN(C)c1ccc(C=C2CCc3c2nc2ccccc2c3C(=O)OCc2ccccc2C#N)cc1. The van der Waals surface area contributed by atoms with Crippen LogP contribution in [0, 0.1) is 11.3 Å². The first kappa shape index (κ1) is 22.4. The molecule has 1 aliphatic rings. The standard InChI is InChI=1S/C30H25N3O2/c1-33(2)24-14-11-20(12-15-24)17-21-13-16-26-28(25-9-5-6-10-27(25)32-29(21)26)30(34)35-19-23-8-4-3-7-22(23)18-31/h3-12,14-15,17H,13,16,19H2,1-2H3. The summed E-state index contributed by atoms with van der Waals surface area (Å²) < 4.78 is 5.74. The molecule has 0 radical (unpaired) electrons. The maximum Gasteiger partial charge on any atom is 0.339 e. The third-order valence-corrected chi connectivity index (χ3v) is 6.39. The number of rotatable bonds is 5. The molecule has 0 saturated heterocycles. The lowest BCUT2D eigenvalue weighted by Crippen LogP contribution is -2.11. The molecule has 0 saturated carbocycles. The quantitative estimate of drug-likeness (QED) is 0.342. The van der Waals surface area contributed by atoms with E-state index in [4.69, 9.17) is 9.72 Å². The van der Waals surface area contributed by atoms with E-state index in [-0.39, 0.29) is 12.6 Å². The Morgan fingerprint density at radius 1 is 1.03 bits per heavy atom. The number of carbonyl (C=O) groups excluding carboxylic acids is 1. The summed E-state index contributed by atoms with van der Waals surface area (Å²) in [6.07, 6.45) is 3.70. The number of ether oxygens (including phenoxy) is 1. The topological polar surface area (TPSA) is 66.2 Å². The molecule has 1 aromatic heterocycles. The molecule has 0 aliphatic heterocycles. The highest BCUT2D eigenvalue weighted by molar-refractivity contribution is 6.07. The highest BCUT2D eigenvalue weighted by Crippen LogP contribution is 2.38. The number of pyridine rings is 1. The maximum atomic E-state index is 13.4. The van der Waals surface area contributed by atoms with Crippen LogP contribution in [0.1, 0.15) is 44.7 Å². The lowest BCUT2D eigenvalue weighted by Gasteiger charge is -2.13. The predicted molar refractivity (Wildman–Crippen MR) is 139 cm³/mol. The molecule has 0 fully saturated rings. The minimum Gasteiger partial charge on any atom is -0.457 e. The van der Waals surface area contributed by atoms with E-state index in [1.807, 2.05) is 50.5 Å². The fourth-order valence-electron chi connectivity index (χ4n) is 4.55. The second kappa shape index (κ2) is 9.44. The first-order valence-electron chi connectivity index (χ1n) is 11.6. The number of fused-ring (bicyclic) bond motifs is 2. The van der Waals surface area contributed by atoms with Gasteiger partial charge in [0.05, 0.1) is 28.4 Å². The molecule has 0 spiro atoms. The Hall–Kier alpha value is -4.43. The molecular weight excluding hydrogens is 434 g/mol. The third kappa shape index (κ3) is 4.39. The molecule has 0 bridgehead atoms. The molecule has 5 nitrogen and oxygen atoms in total. The van der Waals surface area contributed by atoms with Crippen LogP contribution in [-0.4, -0.2) is 25.0 Å². The Bertz CT molecular complexity index is 1490. The van der Waals surface area contributed by atoms with E-state index in [0.717, 1.165) is 51.8 Å². The smallest absolute Gasteiger partial charge is 0.339 e. The summed E-state index contributed by atoms with van der Waals surface area (Å²) in [6.45, 7) is 0.0505. The lowest BCUT2D eigenvalue weighted by atomic mass is 10.0. The Morgan fingerprint density at radius 2 is 1.77 bits per heavy atom. The van der Waals surface area contributed by atoms with Crippen molar-refractivity contribution < 1.29 is 9.53 Å². The number of anilines is 1. The molecular formula is C30H25N3O2. The van der Waals surface area contributed by atoms with Gasteiger partial charge in [0.25, 0.3) is 0 Å². The van der Waals surface area contributed by atoms with Crippen LogP contribution in [0.4, 0.5) is 5.69 Å². The monoisotopic (exact) mass is 459 g/mol. The van der Waals surface area contributed by atoms with Crippen molar-refractivity contribution in [3.8, 4) is 6.07 Å². The van der Waals surface area contributed by atoms with Crippen LogP contribution in [0.3, 0.4) is 0 Å². The van der Waals surface area contributed by atoms with Gasteiger partial charge < -0.3 is 9.64 Å². The second-order valence-corrected chi connectivity index (χ2v) is 8.83. The minimum absolute atomic E-state index is 0.0505. The van der Waals surface area contributed by atoms with E-state index in [2.05, 4.69) is 41.3 Å². The maximum absolute atomic E-state index is 13.4. The van der Waals surface area contributed by atoms with Gasteiger partial charge in [-0.15, -0.1) is 0 Å². The molecule has 35 heavy (non-hydrogen) atoms. The van der Waals surface area contributed by atoms with E-state index >= 15 is 0 Å². The van der Waals surface area contributed by atoms with Gasteiger partial charge in [0.2, 0.25) is 0 Å². The number of para-hydroxylation sites is 1. The average molecular weight is 460 g/mol. The molecule has 0 amide bonds. The number of carbonyl (C=O) groups is 1. The number of allylic oxidation sites excluding steroid dienone is 1. The number of aromatic nitrogens is 1. The van der Waals surface area contributed by atoms with Crippen molar-refractivity contribution >= 4 is 34.2 Å². The number of esters is 1. The molecule has 0 N–H and O–H groups in total. The molecule has 3 aromatic carbocycles. The summed E-state index contributed by atoms with van der Waals surface area (Å²) in [7, 11) is 4.05. The molecule has 0 unspecified atom stereocenters. The van der Waals surface area contributed by atoms with Gasteiger partial charge in [0.15, 0.2) is 0 Å². The van der Waals surface area contributed by atoms with Gasteiger partial charge in [-0.1, -0.05) is 48.5 Å². The Kier molecular flexibility index (Phi) is 6.03. The van der Waals surface area contributed by atoms with Gasteiger partial charge in [0.1, 0.15) is 6.61 Å². The van der Waals surface area contributed by atoms with Crippen molar-refractivity contribution in [3.05, 3.63) is 106 Å². The van der Waals surface area contributed by atoms with E-state index < -0.39 is 0 Å². The summed E-state index contributed by atoms with van der Waals surface area (Å²) in [5.41, 5.74) is 7.71. The highest BCUT2D eigenvalue weighted by atomic mass is 16.5. The summed E-state index contributed by atoms with van der Waals surface area (Å²) in [5.74, 6) is -0.385. The minimum atomic E-state index is -0.385. The van der Waals surface area contributed by atoms with Gasteiger partial charge in [0, 0.05) is 30.7 Å². The number of nitriles is 1. The zero-order valence-corrected chi connectivity index (χ0v) is 19.8. The van der Waals surface area contributed by atoms with Crippen molar-refractivity contribution in [3.63, 3.8) is 0 Å². The molecule has 1 aliphatic carbocycles. The molecule has 5 heteroatoms. The van der Waals surface area contributed by atoms with Gasteiger partial charge in [-0.3, -0.25) is 0 Å². The Morgan fingerprint density at radius 3 is 2.54 bits per heavy atom. The van der Waals surface area contributed by atoms with Gasteiger partial charge >= 0.3 is 5.97 Å². The second-order valence-electron chi connectivity index (χ2n) is 8.83. The fraction of sp³-hybridized carbons (Fsp3) is 0.167. The average Bonchev–Trinajstić information content (AvgIpc) is 3.28. The van der Waals surface area contributed by atoms with Crippen LogP contribution in [-0.2, 0) is 17.8 Å². The fourth-order valence-corrected chi connectivity index (χ4v) is 4.55. The Labute approximate surface area is 204 Å². The molecule has 172 valence electrons. The normalized spacial score (nSPS) is 13.5. The van der Waals surface area contributed by atoms with Crippen molar-refractivity contribution in [1.82, 2.24) is 4.98 Å². The summed E-state index contributed by atoms with van der Waals surface area (Å²) >= 11 is 0. The van der Waals surface area contributed by atoms with E-state index in [1.165, 1.54) is 0 Å². The number of nitrogens with zero attached hydrogens (tertiary/aromatic N) is 3. The van der Waals surface area contributed by atoms with E-state index in [9.17, 15) is 10.1 Å². The molecule has 1 heterocycles. The van der Waals surface area contributed by atoms with Crippen LogP contribution in [0.15, 0.2) is 72.8 Å². The zero-order valence-electron chi connectivity index (χ0n) is 19.8.